The number of nitrogens with one attached hydrogen (secondary N) is 1. The van der Waals surface area contributed by atoms with E-state index in [1.165, 1.54) is 37.3 Å². The molecule has 0 spiro atoms. The van der Waals surface area contributed by atoms with Crippen molar-refractivity contribution in [1.29, 1.82) is 0 Å². The molecule has 0 aromatic heterocycles. The molecule has 2 atom stereocenters. The van der Waals surface area contributed by atoms with Gasteiger partial charge in [-0.1, -0.05) is 18.2 Å². The summed E-state index contributed by atoms with van der Waals surface area (Å²) in [5, 5.41) is 13.7. The molecule has 0 saturated carbocycles. The maximum absolute atomic E-state index is 12.8. The first-order chi connectivity index (χ1) is 14.2. The van der Waals surface area contributed by atoms with Gasteiger partial charge in [0.05, 0.1) is 27.8 Å². The van der Waals surface area contributed by atoms with E-state index in [0.717, 1.165) is 22.9 Å². The van der Waals surface area contributed by atoms with Crippen LogP contribution in [-0.4, -0.2) is 46.2 Å². The molecular weight excluding hydrogens is 446 g/mol. The second kappa shape index (κ2) is 9.02. The van der Waals surface area contributed by atoms with E-state index in [4.69, 9.17) is 0 Å². The summed E-state index contributed by atoms with van der Waals surface area (Å²) < 4.78 is 48.7. The Bertz CT molecular complexity index is 1190. The van der Waals surface area contributed by atoms with E-state index in [-0.39, 0.29) is 16.3 Å². The van der Waals surface area contributed by atoms with E-state index >= 15 is 0 Å². The van der Waals surface area contributed by atoms with E-state index in [1.807, 2.05) is 0 Å². The molecule has 12 heteroatoms. The zero-order chi connectivity index (χ0) is 23.6. The molecule has 0 unspecified atom stereocenters. The number of sulfone groups is 1. The van der Waals surface area contributed by atoms with E-state index < -0.39 is 42.8 Å². The fourth-order valence-corrected chi connectivity index (χ4v) is 4.77. The molecule has 0 heterocycles. The fourth-order valence-electron chi connectivity index (χ4n) is 2.97. The van der Waals surface area contributed by atoms with Gasteiger partial charge in [-0.3, -0.25) is 19.2 Å². The minimum absolute atomic E-state index is 0.00971. The van der Waals surface area contributed by atoms with Gasteiger partial charge in [-0.25, -0.2) is 16.8 Å². The highest BCUT2D eigenvalue weighted by molar-refractivity contribution is 7.92. The number of sulfonamides is 1. The van der Waals surface area contributed by atoms with Crippen LogP contribution >= 0.6 is 0 Å². The Morgan fingerprint density at radius 1 is 1.03 bits per heavy atom. The zero-order valence-electron chi connectivity index (χ0n) is 17.3. The fraction of sp³-hybridized carbons (Fsp3) is 0.316. The predicted octanol–water partition coefficient (Wildman–Crippen LogP) is 2.03. The summed E-state index contributed by atoms with van der Waals surface area (Å²) in [6.07, 6.45) is 1.99. The van der Waals surface area contributed by atoms with Gasteiger partial charge in [0.25, 0.3) is 5.69 Å². The van der Waals surface area contributed by atoms with Gasteiger partial charge in [0, 0.05) is 18.4 Å². The monoisotopic (exact) mass is 469 g/mol. The topological polar surface area (TPSA) is 144 Å². The van der Waals surface area contributed by atoms with Crippen LogP contribution in [-0.2, 0) is 24.7 Å². The smallest absolute Gasteiger partial charge is 0.271 e. The molecule has 0 aliphatic rings. The Labute approximate surface area is 181 Å². The van der Waals surface area contributed by atoms with Crippen LogP contribution in [0.15, 0.2) is 53.4 Å². The molecular formula is C19H23N3O7S2. The van der Waals surface area contributed by atoms with Crippen LogP contribution in [0.5, 0.6) is 0 Å². The molecule has 31 heavy (non-hydrogen) atoms. The lowest BCUT2D eigenvalue weighted by Crippen LogP contribution is -2.48. The van der Waals surface area contributed by atoms with E-state index in [9.17, 15) is 31.7 Å². The molecule has 2 rings (SSSR count). The van der Waals surface area contributed by atoms with Gasteiger partial charge >= 0.3 is 0 Å². The number of hydrogen-bond donors (Lipinski definition) is 1. The van der Waals surface area contributed by atoms with Crippen LogP contribution in [0.25, 0.3) is 0 Å². The average Bonchev–Trinajstić information content (AvgIpc) is 2.66. The Kier molecular flexibility index (Phi) is 7.06. The summed E-state index contributed by atoms with van der Waals surface area (Å²) in [6, 6.07) is 9.21. The minimum atomic E-state index is -3.94. The Morgan fingerprint density at radius 3 is 2.10 bits per heavy atom. The molecule has 0 aliphatic carbocycles. The first kappa shape index (κ1) is 24.3. The predicted molar refractivity (Wildman–Crippen MR) is 116 cm³/mol. The maximum atomic E-state index is 12.8. The molecule has 1 N–H and O–H groups in total. The van der Waals surface area contributed by atoms with Crippen molar-refractivity contribution in [2.24, 2.45) is 0 Å². The number of benzene rings is 2. The Hall–Kier alpha value is -2.99. The van der Waals surface area contributed by atoms with E-state index in [2.05, 4.69) is 5.32 Å². The van der Waals surface area contributed by atoms with Crippen molar-refractivity contribution in [3.63, 3.8) is 0 Å². The number of nitro groups is 1. The van der Waals surface area contributed by atoms with Crippen LogP contribution < -0.4 is 9.62 Å². The largest absolute Gasteiger partial charge is 0.348 e. The minimum Gasteiger partial charge on any atom is -0.348 e. The van der Waals surface area contributed by atoms with Gasteiger partial charge in [0.1, 0.15) is 6.04 Å². The number of rotatable bonds is 8. The van der Waals surface area contributed by atoms with Crippen molar-refractivity contribution in [1.82, 2.24) is 5.32 Å². The number of amides is 1. The average molecular weight is 470 g/mol. The number of anilines is 1. The standard InChI is InChI=1S/C19H23N3O7S2/c1-13(15-8-10-18(11-9-15)30(3,26)27)20-19(23)14(2)21(31(4,28)29)16-6-5-7-17(12-16)22(24)25/h5-14H,1-4H3,(H,20,23)/t13-,14-/m1/s1. The van der Waals surface area contributed by atoms with Gasteiger partial charge in [-0.15, -0.1) is 0 Å². The van der Waals surface area contributed by atoms with Crippen molar-refractivity contribution in [3.05, 3.63) is 64.2 Å². The molecule has 0 fully saturated rings. The molecule has 0 bridgehead atoms. The zero-order valence-corrected chi connectivity index (χ0v) is 19.0. The van der Waals surface area contributed by atoms with Crippen LogP contribution in [0.3, 0.4) is 0 Å². The van der Waals surface area contributed by atoms with Gasteiger partial charge < -0.3 is 5.32 Å². The van der Waals surface area contributed by atoms with Gasteiger partial charge in [0.2, 0.25) is 15.9 Å². The summed E-state index contributed by atoms with van der Waals surface area (Å²) >= 11 is 0. The van der Waals surface area contributed by atoms with Crippen molar-refractivity contribution in [2.45, 2.75) is 30.8 Å². The summed E-state index contributed by atoms with van der Waals surface area (Å²) in [6.45, 7) is 3.03. The van der Waals surface area contributed by atoms with E-state index in [1.54, 1.807) is 19.1 Å². The summed E-state index contributed by atoms with van der Waals surface area (Å²) in [5.41, 5.74) is 0.303. The normalized spacial score (nSPS) is 13.8. The molecule has 1 amide bonds. The van der Waals surface area contributed by atoms with Crippen molar-refractivity contribution >= 4 is 37.1 Å². The SMILES string of the molecule is C[C@H](C(=O)N[C@H](C)c1ccc(S(C)(=O)=O)cc1)N(c1cccc([N+](=O)[O-])c1)S(C)(=O)=O. The van der Waals surface area contributed by atoms with Crippen LogP contribution in [0.2, 0.25) is 0 Å². The second-order valence-corrected chi connectivity index (χ2v) is 11.0. The maximum Gasteiger partial charge on any atom is 0.271 e. The molecule has 0 saturated heterocycles. The third kappa shape index (κ3) is 6.01. The third-order valence-electron chi connectivity index (χ3n) is 4.55. The molecule has 0 aliphatic heterocycles. The first-order valence-corrected chi connectivity index (χ1v) is 12.8. The van der Waals surface area contributed by atoms with Crippen LogP contribution in [0, 0.1) is 10.1 Å². The number of hydrogen-bond acceptors (Lipinski definition) is 7. The number of carbonyl (C=O) groups excluding carboxylic acids is 1. The quantitative estimate of drug-likeness (QED) is 0.460. The van der Waals surface area contributed by atoms with Crippen LogP contribution in [0.1, 0.15) is 25.5 Å². The van der Waals surface area contributed by atoms with Gasteiger partial charge in [0.15, 0.2) is 9.84 Å². The van der Waals surface area contributed by atoms with Crippen molar-refractivity contribution < 1.29 is 26.6 Å². The lowest BCUT2D eigenvalue weighted by molar-refractivity contribution is -0.384. The van der Waals surface area contributed by atoms with E-state index in [0.29, 0.717) is 5.56 Å². The molecule has 10 nitrogen and oxygen atoms in total. The highest BCUT2D eigenvalue weighted by Crippen LogP contribution is 2.26. The molecule has 0 radical (unpaired) electrons. The Morgan fingerprint density at radius 2 is 1.61 bits per heavy atom. The lowest BCUT2D eigenvalue weighted by Gasteiger charge is -2.29. The molecule has 2 aromatic rings. The number of carbonyl (C=O) groups is 1. The van der Waals surface area contributed by atoms with Gasteiger partial charge in [-0.2, -0.15) is 0 Å². The second-order valence-electron chi connectivity index (χ2n) is 7.08. The summed E-state index contributed by atoms with van der Waals surface area (Å²) in [5.74, 6) is -0.628. The Balaban J connectivity index is 2.27. The van der Waals surface area contributed by atoms with Crippen LogP contribution in [0.4, 0.5) is 11.4 Å². The molecule has 2 aromatic carbocycles. The number of nitro benzene ring substituents is 1. The van der Waals surface area contributed by atoms with Crippen molar-refractivity contribution in [2.75, 3.05) is 16.8 Å². The number of nitrogens with zero attached hydrogens (tertiary/aromatic N) is 2. The summed E-state index contributed by atoms with van der Waals surface area (Å²) in [7, 11) is -7.30. The first-order valence-electron chi connectivity index (χ1n) is 9.06. The van der Waals surface area contributed by atoms with Crippen molar-refractivity contribution in [3.8, 4) is 0 Å². The highest BCUT2D eigenvalue weighted by atomic mass is 32.2. The third-order valence-corrected chi connectivity index (χ3v) is 6.92. The molecule has 168 valence electrons. The number of non-ortho nitro benzene ring substituents is 1. The summed E-state index contributed by atoms with van der Waals surface area (Å²) in [4.78, 5) is 23.3. The lowest BCUT2D eigenvalue weighted by atomic mass is 10.1. The highest BCUT2D eigenvalue weighted by Gasteiger charge is 2.30. The van der Waals surface area contributed by atoms with Gasteiger partial charge in [-0.05, 0) is 37.6 Å².